The van der Waals surface area contributed by atoms with Crippen molar-refractivity contribution < 1.29 is 19.4 Å². The van der Waals surface area contributed by atoms with E-state index in [-0.39, 0.29) is 25.0 Å². The first-order valence-electron chi connectivity index (χ1n) is 7.35. The standard InChI is InChI=1S/C16H22N2O4/c1-17(2)12-10-14(16(20)21)18(11-12)15(19)8-9-22-13-6-4-3-5-7-13/h3-7,12,14H,8-11H2,1-2H3,(H,20,21)/t12-,14+/m1/s1. The maximum Gasteiger partial charge on any atom is 0.326 e. The number of likely N-dealkylation sites (tertiary alicyclic amines) is 1. The summed E-state index contributed by atoms with van der Waals surface area (Å²) in [6, 6.07) is 8.60. The fraction of sp³-hybridized carbons (Fsp3) is 0.500. The Morgan fingerprint density at radius 2 is 2.00 bits per heavy atom. The first kappa shape index (κ1) is 16.3. The number of benzene rings is 1. The van der Waals surface area contributed by atoms with Crippen molar-refractivity contribution in [3.05, 3.63) is 30.3 Å². The number of para-hydroxylation sites is 1. The maximum absolute atomic E-state index is 12.3. The zero-order valence-electron chi connectivity index (χ0n) is 12.9. The number of carboxylic acid groups (broad SMARTS) is 1. The average molecular weight is 306 g/mol. The van der Waals surface area contributed by atoms with Gasteiger partial charge in [-0.1, -0.05) is 18.2 Å². The van der Waals surface area contributed by atoms with Crippen LogP contribution < -0.4 is 4.74 Å². The van der Waals surface area contributed by atoms with Crippen LogP contribution in [-0.2, 0) is 9.59 Å². The number of likely N-dealkylation sites (N-methyl/N-ethyl adjacent to an activating group) is 1. The van der Waals surface area contributed by atoms with Crippen molar-refractivity contribution in [3.63, 3.8) is 0 Å². The van der Waals surface area contributed by atoms with Gasteiger partial charge in [0.2, 0.25) is 5.91 Å². The fourth-order valence-corrected chi connectivity index (χ4v) is 2.61. The summed E-state index contributed by atoms with van der Waals surface area (Å²) in [6.45, 7) is 0.701. The molecular weight excluding hydrogens is 284 g/mol. The molecule has 2 atom stereocenters. The van der Waals surface area contributed by atoms with Crippen molar-refractivity contribution in [2.75, 3.05) is 27.2 Å². The van der Waals surface area contributed by atoms with E-state index in [2.05, 4.69) is 0 Å². The van der Waals surface area contributed by atoms with E-state index in [1.54, 1.807) is 0 Å². The van der Waals surface area contributed by atoms with Crippen LogP contribution in [0.15, 0.2) is 30.3 Å². The van der Waals surface area contributed by atoms with Crippen LogP contribution in [0.2, 0.25) is 0 Å². The van der Waals surface area contributed by atoms with E-state index in [1.165, 1.54) is 4.90 Å². The highest BCUT2D eigenvalue weighted by atomic mass is 16.5. The van der Waals surface area contributed by atoms with Crippen molar-refractivity contribution in [2.45, 2.75) is 24.9 Å². The van der Waals surface area contributed by atoms with Crippen molar-refractivity contribution >= 4 is 11.9 Å². The summed E-state index contributed by atoms with van der Waals surface area (Å²) in [5.74, 6) is -0.410. The Balaban J connectivity index is 1.88. The lowest BCUT2D eigenvalue weighted by molar-refractivity contribution is -0.148. The predicted molar refractivity (Wildman–Crippen MR) is 81.8 cm³/mol. The lowest BCUT2D eigenvalue weighted by atomic mass is 10.1. The summed E-state index contributed by atoms with van der Waals surface area (Å²) in [5.41, 5.74) is 0. The molecule has 0 aromatic heterocycles. The average Bonchev–Trinajstić information content (AvgIpc) is 2.94. The molecule has 1 heterocycles. The number of hydrogen-bond donors (Lipinski definition) is 1. The molecule has 0 unspecified atom stereocenters. The summed E-state index contributed by atoms with van der Waals surface area (Å²) in [5, 5.41) is 9.29. The Hall–Kier alpha value is -2.08. The molecule has 6 nitrogen and oxygen atoms in total. The van der Waals surface area contributed by atoms with E-state index in [4.69, 9.17) is 4.74 Å². The minimum atomic E-state index is -0.943. The molecule has 6 heteroatoms. The van der Waals surface area contributed by atoms with Crippen LogP contribution >= 0.6 is 0 Å². The number of nitrogens with zero attached hydrogens (tertiary/aromatic N) is 2. The van der Waals surface area contributed by atoms with Crippen LogP contribution in [0.5, 0.6) is 5.75 Å². The zero-order valence-corrected chi connectivity index (χ0v) is 12.9. The quantitative estimate of drug-likeness (QED) is 0.851. The number of carbonyl (C=O) groups is 2. The minimum Gasteiger partial charge on any atom is -0.493 e. The molecule has 1 saturated heterocycles. The molecule has 0 spiro atoms. The highest BCUT2D eigenvalue weighted by molar-refractivity contribution is 5.84. The molecule has 0 bridgehead atoms. The second-order valence-electron chi connectivity index (χ2n) is 5.66. The number of amides is 1. The number of rotatable bonds is 6. The molecule has 0 aliphatic carbocycles. The summed E-state index contributed by atoms with van der Waals surface area (Å²) < 4.78 is 5.50. The fourth-order valence-electron chi connectivity index (χ4n) is 2.61. The minimum absolute atomic E-state index is 0.0834. The second kappa shape index (κ2) is 7.26. The Morgan fingerprint density at radius 3 is 2.59 bits per heavy atom. The van der Waals surface area contributed by atoms with Gasteiger partial charge in [-0.25, -0.2) is 4.79 Å². The molecular formula is C16H22N2O4. The van der Waals surface area contributed by atoms with Gasteiger partial charge in [0.05, 0.1) is 13.0 Å². The molecule has 1 amide bonds. The number of aliphatic carboxylic acids is 1. The molecule has 22 heavy (non-hydrogen) atoms. The molecule has 1 fully saturated rings. The molecule has 0 radical (unpaired) electrons. The Labute approximate surface area is 130 Å². The van der Waals surface area contributed by atoms with Crippen LogP contribution in [0.4, 0.5) is 0 Å². The van der Waals surface area contributed by atoms with Gasteiger partial charge >= 0.3 is 5.97 Å². The van der Waals surface area contributed by atoms with E-state index >= 15 is 0 Å². The summed E-state index contributed by atoms with van der Waals surface area (Å²) >= 11 is 0. The summed E-state index contributed by atoms with van der Waals surface area (Å²) in [6.07, 6.45) is 0.645. The number of carboxylic acids is 1. The monoisotopic (exact) mass is 306 g/mol. The van der Waals surface area contributed by atoms with Crippen LogP contribution in [0.3, 0.4) is 0 Å². The van der Waals surface area contributed by atoms with Gasteiger partial charge in [0.25, 0.3) is 0 Å². The van der Waals surface area contributed by atoms with E-state index in [9.17, 15) is 14.7 Å². The number of hydrogen-bond acceptors (Lipinski definition) is 4. The van der Waals surface area contributed by atoms with Gasteiger partial charge in [0.1, 0.15) is 11.8 Å². The molecule has 120 valence electrons. The van der Waals surface area contributed by atoms with Gasteiger partial charge in [-0.3, -0.25) is 4.79 Å². The molecule has 1 aromatic carbocycles. The van der Waals surface area contributed by atoms with Crippen molar-refractivity contribution in [3.8, 4) is 5.75 Å². The molecule has 1 aliphatic rings. The van der Waals surface area contributed by atoms with E-state index in [1.807, 2.05) is 49.3 Å². The number of ether oxygens (including phenoxy) is 1. The van der Waals surface area contributed by atoms with Gasteiger partial charge in [0, 0.05) is 12.6 Å². The van der Waals surface area contributed by atoms with E-state index in [0.29, 0.717) is 18.7 Å². The first-order valence-corrected chi connectivity index (χ1v) is 7.35. The highest BCUT2D eigenvalue weighted by Gasteiger charge is 2.40. The zero-order chi connectivity index (χ0) is 16.1. The molecule has 2 rings (SSSR count). The van der Waals surface area contributed by atoms with E-state index < -0.39 is 12.0 Å². The van der Waals surface area contributed by atoms with Crippen molar-refractivity contribution in [1.82, 2.24) is 9.80 Å². The van der Waals surface area contributed by atoms with Crippen LogP contribution in [-0.4, -0.2) is 66.1 Å². The largest absolute Gasteiger partial charge is 0.493 e. The van der Waals surface area contributed by atoms with Crippen molar-refractivity contribution in [1.29, 1.82) is 0 Å². The summed E-state index contributed by atoms with van der Waals surface area (Å²) in [4.78, 5) is 27.0. The van der Waals surface area contributed by atoms with Crippen LogP contribution in [0.1, 0.15) is 12.8 Å². The Kier molecular flexibility index (Phi) is 5.38. The Morgan fingerprint density at radius 1 is 1.32 bits per heavy atom. The summed E-state index contributed by atoms with van der Waals surface area (Å²) in [7, 11) is 3.80. The van der Waals surface area contributed by atoms with Gasteiger partial charge in [0.15, 0.2) is 0 Å². The third kappa shape index (κ3) is 3.98. The maximum atomic E-state index is 12.3. The normalized spacial score (nSPS) is 21.1. The SMILES string of the molecule is CN(C)[C@@H]1C[C@@H](C(=O)O)N(C(=O)CCOc2ccccc2)C1. The molecule has 1 aliphatic heterocycles. The lowest BCUT2D eigenvalue weighted by Gasteiger charge is -2.22. The van der Waals surface area contributed by atoms with Gasteiger partial charge in [-0.15, -0.1) is 0 Å². The molecule has 0 saturated carbocycles. The lowest BCUT2D eigenvalue weighted by Crippen LogP contribution is -2.41. The van der Waals surface area contributed by atoms with Crippen LogP contribution in [0.25, 0.3) is 0 Å². The molecule has 1 aromatic rings. The van der Waals surface area contributed by atoms with Crippen molar-refractivity contribution in [2.24, 2.45) is 0 Å². The van der Waals surface area contributed by atoms with Gasteiger partial charge in [-0.2, -0.15) is 0 Å². The Bertz CT molecular complexity index is 518. The van der Waals surface area contributed by atoms with Crippen LogP contribution in [0, 0.1) is 0 Å². The molecule has 1 N–H and O–H groups in total. The third-order valence-corrected chi connectivity index (χ3v) is 3.94. The third-order valence-electron chi connectivity index (χ3n) is 3.94. The second-order valence-corrected chi connectivity index (χ2v) is 5.66. The van der Waals surface area contributed by atoms with Gasteiger partial charge < -0.3 is 19.6 Å². The predicted octanol–water partition coefficient (Wildman–Crippen LogP) is 1.07. The highest BCUT2D eigenvalue weighted by Crippen LogP contribution is 2.22. The smallest absolute Gasteiger partial charge is 0.326 e. The first-order chi connectivity index (χ1) is 10.5. The van der Waals surface area contributed by atoms with Gasteiger partial charge in [-0.05, 0) is 32.6 Å². The number of carbonyl (C=O) groups excluding carboxylic acids is 1. The van der Waals surface area contributed by atoms with E-state index in [0.717, 1.165) is 0 Å². The topological polar surface area (TPSA) is 70.1 Å².